The Hall–Kier alpha value is -1.06. The van der Waals surface area contributed by atoms with E-state index in [0.29, 0.717) is 0 Å². The predicted molar refractivity (Wildman–Crippen MR) is 68.1 cm³/mol. The highest BCUT2D eigenvalue weighted by molar-refractivity contribution is 5.27. The molecule has 2 unspecified atom stereocenters. The summed E-state index contributed by atoms with van der Waals surface area (Å²) in [5.41, 5.74) is 1.17. The van der Waals surface area contributed by atoms with Crippen molar-refractivity contribution >= 4 is 0 Å². The molecule has 0 aromatic heterocycles. The van der Waals surface area contributed by atoms with Gasteiger partial charge in [0.1, 0.15) is 11.9 Å². The Balaban J connectivity index is 2.07. The highest BCUT2D eigenvalue weighted by Crippen LogP contribution is 2.20. The predicted octanol–water partition coefficient (Wildman–Crippen LogP) is 2.18. The monoisotopic (exact) mass is 235 g/mol. The first kappa shape index (κ1) is 12.4. The lowest BCUT2D eigenvalue weighted by molar-refractivity contribution is -0.0477. The van der Waals surface area contributed by atoms with E-state index >= 15 is 0 Å². The van der Waals surface area contributed by atoms with Crippen molar-refractivity contribution < 1.29 is 9.84 Å². The molecule has 2 rings (SSSR count). The number of benzene rings is 1. The van der Waals surface area contributed by atoms with Crippen LogP contribution in [0, 0.1) is 6.92 Å². The summed E-state index contributed by atoms with van der Waals surface area (Å²) in [6.07, 6.45) is 1.69. The number of rotatable bonds is 4. The van der Waals surface area contributed by atoms with Gasteiger partial charge in [0.2, 0.25) is 0 Å². The third-order valence-corrected chi connectivity index (χ3v) is 3.16. The lowest BCUT2D eigenvalue weighted by Crippen LogP contribution is -2.45. The molecule has 17 heavy (non-hydrogen) atoms. The fourth-order valence-electron chi connectivity index (χ4n) is 2.30. The SMILES string of the molecule is Cc1cccc(OC(C(C)O)N2CCCC2)c1. The Morgan fingerprint density at radius 3 is 2.59 bits per heavy atom. The van der Waals surface area contributed by atoms with Gasteiger partial charge in [-0.15, -0.1) is 0 Å². The Kier molecular flexibility index (Phi) is 4.02. The maximum absolute atomic E-state index is 9.84. The molecule has 3 heteroatoms. The molecule has 0 saturated carbocycles. The van der Waals surface area contributed by atoms with Crippen molar-refractivity contribution in [3.05, 3.63) is 29.8 Å². The van der Waals surface area contributed by atoms with Gasteiger partial charge in [-0.3, -0.25) is 4.90 Å². The molecule has 0 amide bonds. The standard InChI is InChI=1S/C14H21NO2/c1-11-6-5-7-13(10-11)17-14(12(2)16)15-8-3-4-9-15/h5-7,10,12,14,16H,3-4,8-9H2,1-2H3. The molecule has 1 aromatic rings. The van der Waals surface area contributed by atoms with Crippen molar-refractivity contribution in [3.63, 3.8) is 0 Å². The molecular weight excluding hydrogens is 214 g/mol. The van der Waals surface area contributed by atoms with Gasteiger partial charge in [0.15, 0.2) is 6.23 Å². The molecule has 2 atom stereocenters. The molecule has 1 aromatic carbocycles. The summed E-state index contributed by atoms with van der Waals surface area (Å²) >= 11 is 0. The molecule has 94 valence electrons. The number of hydrogen-bond acceptors (Lipinski definition) is 3. The van der Waals surface area contributed by atoms with Gasteiger partial charge >= 0.3 is 0 Å². The van der Waals surface area contributed by atoms with Crippen LogP contribution in [-0.4, -0.2) is 35.4 Å². The van der Waals surface area contributed by atoms with E-state index in [1.807, 2.05) is 31.2 Å². The number of ether oxygens (including phenoxy) is 1. The average molecular weight is 235 g/mol. The van der Waals surface area contributed by atoms with E-state index in [1.54, 1.807) is 6.92 Å². The summed E-state index contributed by atoms with van der Waals surface area (Å²) in [5, 5.41) is 9.84. The molecule has 0 aliphatic carbocycles. The molecule has 1 N–H and O–H groups in total. The molecule has 1 aliphatic rings. The van der Waals surface area contributed by atoms with Crippen LogP contribution in [0.5, 0.6) is 5.75 Å². The maximum Gasteiger partial charge on any atom is 0.178 e. The average Bonchev–Trinajstić information content (AvgIpc) is 2.78. The lowest BCUT2D eigenvalue weighted by Gasteiger charge is -2.30. The molecule has 3 nitrogen and oxygen atoms in total. The van der Waals surface area contributed by atoms with E-state index in [4.69, 9.17) is 4.74 Å². The second kappa shape index (κ2) is 5.52. The van der Waals surface area contributed by atoms with E-state index in [-0.39, 0.29) is 6.23 Å². The fourth-order valence-corrected chi connectivity index (χ4v) is 2.30. The highest BCUT2D eigenvalue weighted by atomic mass is 16.5. The lowest BCUT2D eigenvalue weighted by atomic mass is 10.2. The molecule has 0 radical (unpaired) electrons. The largest absolute Gasteiger partial charge is 0.472 e. The third-order valence-electron chi connectivity index (χ3n) is 3.16. The fraction of sp³-hybridized carbons (Fsp3) is 0.571. The van der Waals surface area contributed by atoms with Gasteiger partial charge in [-0.1, -0.05) is 12.1 Å². The minimum atomic E-state index is -0.478. The van der Waals surface area contributed by atoms with Crippen molar-refractivity contribution in [3.8, 4) is 5.75 Å². The highest BCUT2D eigenvalue weighted by Gasteiger charge is 2.27. The van der Waals surface area contributed by atoms with Crippen LogP contribution in [0.25, 0.3) is 0 Å². The van der Waals surface area contributed by atoms with Crippen molar-refractivity contribution in [2.24, 2.45) is 0 Å². The van der Waals surface area contributed by atoms with E-state index in [2.05, 4.69) is 4.90 Å². The zero-order chi connectivity index (χ0) is 12.3. The number of aliphatic hydroxyl groups excluding tert-OH is 1. The van der Waals surface area contributed by atoms with Gasteiger partial charge in [0.05, 0.1) is 0 Å². The van der Waals surface area contributed by atoms with Gasteiger partial charge in [-0.2, -0.15) is 0 Å². The van der Waals surface area contributed by atoms with Crippen LogP contribution in [0.1, 0.15) is 25.3 Å². The Bertz CT molecular complexity index is 359. The second-order valence-corrected chi connectivity index (χ2v) is 4.81. The van der Waals surface area contributed by atoms with E-state index < -0.39 is 6.10 Å². The zero-order valence-electron chi connectivity index (χ0n) is 10.6. The molecule has 1 fully saturated rings. The first-order chi connectivity index (χ1) is 8.16. The van der Waals surface area contributed by atoms with Crippen LogP contribution in [0.3, 0.4) is 0 Å². The third kappa shape index (κ3) is 3.20. The molecular formula is C14H21NO2. The van der Waals surface area contributed by atoms with Crippen molar-refractivity contribution in [1.82, 2.24) is 4.90 Å². The molecule has 1 heterocycles. The smallest absolute Gasteiger partial charge is 0.178 e. The van der Waals surface area contributed by atoms with Crippen LogP contribution < -0.4 is 4.74 Å². The molecule has 0 bridgehead atoms. The van der Waals surface area contributed by atoms with Crippen LogP contribution in [0.15, 0.2) is 24.3 Å². The second-order valence-electron chi connectivity index (χ2n) is 4.81. The van der Waals surface area contributed by atoms with E-state index in [1.165, 1.54) is 18.4 Å². The summed E-state index contributed by atoms with van der Waals surface area (Å²) in [5.74, 6) is 0.836. The van der Waals surface area contributed by atoms with Gasteiger partial charge in [-0.05, 0) is 44.4 Å². The topological polar surface area (TPSA) is 32.7 Å². The van der Waals surface area contributed by atoms with Gasteiger partial charge < -0.3 is 9.84 Å². The van der Waals surface area contributed by atoms with Crippen molar-refractivity contribution in [1.29, 1.82) is 0 Å². The first-order valence-electron chi connectivity index (χ1n) is 6.32. The van der Waals surface area contributed by atoms with Gasteiger partial charge in [0, 0.05) is 13.1 Å². The minimum absolute atomic E-state index is 0.223. The summed E-state index contributed by atoms with van der Waals surface area (Å²) in [6.45, 7) is 5.86. The maximum atomic E-state index is 9.84. The van der Waals surface area contributed by atoms with E-state index in [9.17, 15) is 5.11 Å². The number of nitrogens with zero attached hydrogens (tertiary/aromatic N) is 1. The van der Waals surface area contributed by atoms with Gasteiger partial charge in [-0.25, -0.2) is 0 Å². The summed E-state index contributed by atoms with van der Waals surface area (Å²) in [7, 11) is 0. The Morgan fingerprint density at radius 2 is 2.00 bits per heavy atom. The summed E-state index contributed by atoms with van der Waals surface area (Å²) < 4.78 is 5.92. The Morgan fingerprint density at radius 1 is 1.29 bits per heavy atom. The Labute approximate surface area is 103 Å². The molecule has 1 saturated heterocycles. The van der Waals surface area contributed by atoms with Crippen LogP contribution >= 0.6 is 0 Å². The quantitative estimate of drug-likeness (QED) is 0.868. The number of aliphatic hydroxyl groups is 1. The zero-order valence-corrected chi connectivity index (χ0v) is 10.6. The molecule has 1 aliphatic heterocycles. The number of aryl methyl sites for hydroxylation is 1. The number of likely N-dealkylation sites (tertiary alicyclic amines) is 1. The summed E-state index contributed by atoms with van der Waals surface area (Å²) in [4.78, 5) is 2.22. The minimum Gasteiger partial charge on any atom is -0.472 e. The van der Waals surface area contributed by atoms with Crippen LogP contribution in [0.4, 0.5) is 0 Å². The first-order valence-corrected chi connectivity index (χ1v) is 6.32. The summed E-state index contributed by atoms with van der Waals surface area (Å²) in [6, 6.07) is 7.97. The normalized spacial score (nSPS) is 20.2. The number of hydrogen-bond donors (Lipinski definition) is 1. The van der Waals surface area contributed by atoms with E-state index in [0.717, 1.165) is 18.8 Å². The van der Waals surface area contributed by atoms with Crippen molar-refractivity contribution in [2.45, 2.75) is 39.0 Å². The molecule has 0 spiro atoms. The van der Waals surface area contributed by atoms with Crippen molar-refractivity contribution in [2.75, 3.05) is 13.1 Å². The van der Waals surface area contributed by atoms with Crippen LogP contribution in [0.2, 0.25) is 0 Å². The van der Waals surface area contributed by atoms with Gasteiger partial charge in [0.25, 0.3) is 0 Å². The van der Waals surface area contributed by atoms with Crippen LogP contribution in [-0.2, 0) is 0 Å².